The summed E-state index contributed by atoms with van der Waals surface area (Å²) in [7, 11) is -3.88. The topological polar surface area (TPSA) is 74.6 Å². The second-order valence-electron chi connectivity index (χ2n) is 6.76. The van der Waals surface area contributed by atoms with Gasteiger partial charge in [-0.15, -0.1) is 0 Å². The molecule has 3 aromatic carbocycles. The number of aliphatic hydroxyl groups excluding tert-OH is 1. The Morgan fingerprint density at radius 2 is 1.34 bits per heavy atom. The quantitative estimate of drug-likeness (QED) is 0.346. The average molecular weight is 429 g/mol. The van der Waals surface area contributed by atoms with Gasteiger partial charge in [-0.3, -0.25) is 4.55 Å². The molecule has 0 aliphatic carbocycles. The van der Waals surface area contributed by atoms with Gasteiger partial charge in [0.05, 0.1) is 4.86 Å². The van der Waals surface area contributed by atoms with E-state index in [-0.39, 0.29) is 5.75 Å². The number of benzene rings is 3. The first-order chi connectivity index (χ1) is 13.7. The fraction of sp³-hybridized carbons (Fsp3) is 0.174. The zero-order valence-electron chi connectivity index (χ0n) is 16.3. The summed E-state index contributed by atoms with van der Waals surface area (Å²) in [5, 5.41) is 10.3. The molecule has 152 valence electrons. The molecule has 0 saturated carbocycles. The van der Waals surface area contributed by atoms with E-state index in [1.807, 2.05) is 62.4 Å². The number of aliphatic hydroxyl groups is 1. The molecule has 0 saturated heterocycles. The Hall–Kier alpha value is -2.38. The van der Waals surface area contributed by atoms with E-state index < -0.39 is 16.2 Å². The van der Waals surface area contributed by atoms with Crippen LogP contribution in [0.5, 0.6) is 0 Å². The van der Waals surface area contributed by atoms with Crippen molar-refractivity contribution < 1.29 is 18.1 Å². The highest BCUT2D eigenvalue weighted by Gasteiger charge is 2.14. The maximum Gasteiger partial charge on any atom is 0.269 e. The van der Waals surface area contributed by atoms with Gasteiger partial charge in [0, 0.05) is 0 Å². The molecular formula is C23H24O4S2. The average Bonchev–Trinajstić information content (AvgIpc) is 2.68. The van der Waals surface area contributed by atoms with Gasteiger partial charge >= 0.3 is 0 Å². The van der Waals surface area contributed by atoms with Crippen molar-refractivity contribution in [3.05, 3.63) is 107 Å². The number of rotatable bonds is 5. The smallest absolute Gasteiger partial charge is 0.269 e. The first-order valence-electron chi connectivity index (χ1n) is 9.00. The van der Waals surface area contributed by atoms with Crippen molar-refractivity contribution in [3.8, 4) is 0 Å². The Kier molecular flexibility index (Phi) is 8.22. The zero-order chi connectivity index (χ0) is 21.4. The molecule has 0 amide bonds. The van der Waals surface area contributed by atoms with Crippen LogP contribution in [0.4, 0.5) is 0 Å². The van der Waals surface area contributed by atoms with E-state index in [0.29, 0.717) is 10.4 Å². The summed E-state index contributed by atoms with van der Waals surface area (Å²) in [4.78, 5) is 0.568. The Morgan fingerprint density at radius 1 is 0.862 bits per heavy atom. The SMILES string of the molecule is Cc1ccc(C(=S)C(O)c2ccc(C)cc2)cc1.O=S(=O)(O)Cc1ccccc1. The Morgan fingerprint density at radius 3 is 1.83 bits per heavy atom. The lowest BCUT2D eigenvalue weighted by molar-refractivity contribution is 0.250. The van der Waals surface area contributed by atoms with Gasteiger partial charge in [-0.25, -0.2) is 0 Å². The summed E-state index contributed by atoms with van der Waals surface area (Å²) in [5.41, 5.74) is 4.70. The van der Waals surface area contributed by atoms with Crippen LogP contribution in [0.25, 0.3) is 0 Å². The van der Waals surface area contributed by atoms with Crippen LogP contribution >= 0.6 is 12.2 Å². The van der Waals surface area contributed by atoms with Gasteiger partial charge in [0.1, 0.15) is 11.9 Å². The number of hydrogen-bond donors (Lipinski definition) is 2. The molecule has 6 heteroatoms. The van der Waals surface area contributed by atoms with Gasteiger partial charge in [-0.2, -0.15) is 8.42 Å². The van der Waals surface area contributed by atoms with Crippen molar-refractivity contribution in [1.82, 2.24) is 0 Å². The summed E-state index contributed by atoms with van der Waals surface area (Å²) in [6.07, 6.45) is -0.719. The molecule has 0 aromatic heterocycles. The minimum atomic E-state index is -3.88. The lowest BCUT2D eigenvalue weighted by Crippen LogP contribution is -2.11. The molecule has 1 unspecified atom stereocenters. The summed E-state index contributed by atoms with van der Waals surface area (Å²) in [6, 6.07) is 24.2. The van der Waals surface area contributed by atoms with Gasteiger partial charge < -0.3 is 5.11 Å². The fourth-order valence-corrected chi connectivity index (χ4v) is 3.45. The standard InChI is InChI=1S/C16H16OS.C7H8O3S/c1-11-3-7-13(8-4-11)15(17)16(18)14-9-5-12(2)6-10-14;8-11(9,10)6-7-4-2-1-3-5-7/h3-10,15,17H,1-2H3;1-5H,6H2,(H,8,9,10). The lowest BCUT2D eigenvalue weighted by atomic mass is 9.99. The molecule has 4 nitrogen and oxygen atoms in total. The van der Waals surface area contributed by atoms with Gasteiger partial charge in [0.25, 0.3) is 10.1 Å². The maximum atomic E-state index is 10.4. The molecule has 0 bridgehead atoms. The zero-order valence-corrected chi connectivity index (χ0v) is 18.0. The summed E-state index contributed by atoms with van der Waals surface area (Å²) >= 11 is 5.35. The molecule has 1 atom stereocenters. The van der Waals surface area contributed by atoms with E-state index in [2.05, 4.69) is 0 Å². The van der Waals surface area contributed by atoms with E-state index >= 15 is 0 Å². The van der Waals surface area contributed by atoms with Crippen LogP contribution in [-0.2, 0) is 15.9 Å². The number of thiocarbonyl (C=S) groups is 1. The van der Waals surface area contributed by atoms with E-state index in [1.165, 1.54) is 11.1 Å². The number of aryl methyl sites for hydroxylation is 2. The first kappa shape index (κ1) is 22.9. The predicted octanol–water partition coefficient (Wildman–Crippen LogP) is 4.83. The summed E-state index contributed by atoms with van der Waals surface area (Å²) in [6.45, 7) is 4.05. The minimum absolute atomic E-state index is 0.312. The Balaban J connectivity index is 0.000000234. The summed E-state index contributed by atoms with van der Waals surface area (Å²) in [5.74, 6) is -0.312. The van der Waals surface area contributed by atoms with Crippen molar-refractivity contribution in [3.63, 3.8) is 0 Å². The van der Waals surface area contributed by atoms with Gasteiger partial charge in [0.15, 0.2) is 0 Å². The highest BCUT2D eigenvalue weighted by molar-refractivity contribution is 7.85. The molecule has 3 rings (SSSR count). The normalized spacial score (nSPS) is 11.9. The van der Waals surface area contributed by atoms with Crippen LogP contribution in [-0.4, -0.2) is 22.9 Å². The first-order valence-corrected chi connectivity index (χ1v) is 11.0. The molecule has 0 radical (unpaired) electrons. The van der Waals surface area contributed by atoms with Gasteiger partial charge in [-0.05, 0) is 30.5 Å². The van der Waals surface area contributed by atoms with Crippen LogP contribution in [0.3, 0.4) is 0 Å². The monoisotopic (exact) mass is 428 g/mol. The fourth-order valence-electron chi connectivity index (χ4n) is 2.56. The van der Waals surface area contributed by atoms with E-state index in [9.17, 15) is 13.5 Å². The third kappa shape index (κ3) is 7.87. The molecular weight excluding hydrogens is 404 g/mol. The summed E-state index contributed by atoms with van der Waals surface area (Å²) < 4.78 is 29.2. The third-order valence-corrected chi connectivity index (χ3v) is 5.33. The molecule has 2 N–H and O–H groups in total. The Bertz CT molecular complexity index is 1030. The highest BCUT2D eigenvalue weighted by atomic mass is 32.2. The molecule has 0 aliphatic heterocycles. The molecule has 0 aliphatic rings. The van der Waals surface area contributed by atoms with Crippen molar-refractivity contribution in [1.29, 1.82) is 0 Å². The van der Waals surface area contributed by atoms with Crippen LogP contribution in [0.2, 0.25) is 0 Å². The third-order valence-electron chi connectivity index (χ3n) is 4.17. The molecule has 0 heterocycles. The van der Waals surface area contributed by atoms with Crippen molar-refractivity contribution in [2.45, 2.75) is 25.7 Å². The van der Waals surface area contributed by atoms with E-state index in [0.717, 1.165) is 11.1 Å². The minimum Gasteiger partial charge on any atom is -0.383 e. The molecule has 0 fully saturated rings. The molecule has 0 spiro atoms. The molecule has 29 heavy (non-hydrogen) atoms. The highest BCUT2D eigenvalue weighted by Crippen LogP contribution is 2.20. The van der Waals surface area contributed by atoms with Crippen molar-refractivity contribution >= 4 is 27.2 Å². The van der Waals surface area contributed by atoms with Crippen LogP contribution < -0.4 is 0 Å². The number of hydrogen-bond acceptors (Lipinski definition) is 4. The maximum absolute atomic E-state index is 10.4. The van der Waals surface area contributed by atoms with Crippen LogP contribution in [0.15, 0.2) is 78.9 Å². The lowest BCUT2D eigenvalue weighted by Gasteiger charge is -2.13. The van der Waals surface area contributed by atoms with Crippen molar-refractivity contribution in [2.75, 3.05) is 0 Å². The van der Waals surface area contributed by atoms with Crippen molar-refractivity contribution in [2.24, 2.45) is 0 Å². The molecule has 3 aromatic rings. The van der Waals surface area contributed by atoms with Crippen LogP contribution in [0, 0.1) is 13.8 Å². The predicted molar refractivity (Wildman–Crippen MR) is 121 cm³/mol. The second-order valence-corrected chi connectivity index (χ2v) is 8.65. The van der Waals surface area contributed by atoms with Gasteiger partial charge in [-0.1, -0.05) is 102 Å². The van der Waals surface area contributed by atoms with E-state index in [1.54, 1.807) is 30.3 Å². The largest absolute Gasteiger partial charge is 0.383 e. The second kappa shape index (κ2) is 10.4. The Labute approximate surface area is 177 Å². The van der Waals surface area contributed by atoms with Gasteiger partial charge in [0.2, 0.25) is 0 Å². The van der Waals surface area contributed by atoms with E-state index in [4.69, 9.17) is 16.8 Å². The van der Waals surface area contributed by atoms with Crippen LogP contribution in [0.1, 0.15) is 33.9 Å².